The summed E-state index contributed by atoms with van der Waals surface area (Å²) in [6, 6.07) is 3.33. The highest BCUT2D eigenvalue weighted by atomic mass is 32.2. The fourth-order valence-corrected chi connectivity index (χ4v) is 5.10. The van der Waals surface area contributed by atoms with Crippen molar-refractivity contribution in [3.8, 4) is 0 Å². The van der Waals surface area contributed by atoms with Gasteiger partial charge in [0.1, 0.15) is 0 Å². The first-order valence-electron chi connectivity index (χ1n) is 9.39. The molecule has 1 N–H and O–H groups in total. The molecule has 0 saturated heterocycles. The zero-order valence-corrected chi connectivity index (χ0v) is 18.3. The van der Waals surface area contributed by atoms with E-state index in [-0.39, 0.29) is 22.6 Å². The van der Waals surface area contributed by atoms with Gasteiger partial charge >= 0.3 is 0 Å². The average molecular weight is 426 g/mol. The second-order valence-electron chi connectivity index (χ2n) is 7.59. The summed E-state index contributed by atoms with van der Waals surface area (Å²) in [5.74, 6) is 1.26. The van der Waals surface area contributed by atoms with Crippen LogP contribution >= 0.6 is 11.8 Å². The third-order valence-corrected chi connectivity index (χ3v) is 8.25. The number of carbonyl (C=O) groups is 1. The monoisotopic (exact) mass is 425 g/mol. The van der Waals surface area contributed by atoms with Crippen molar-refractivity contribution in [2.45, 2.75) is 49.2 Å². The van der Waals surface area contributed by atoms with E-state index in [2.05, 4.69) is 29.4 Å². The van der Waals surface area contributed by atoms with Crippen molar-refractivity contribution in [3.05, 3.63) is 18.3 Å². The third-order valence-electron chi connectivity index (χ3n) is 5.51. The van der Waals surface area contributed by atoms with E-state index in [4.69, 9.17) is 0 Å². The number of thioether (sulfide) groups is 1. The van der Waals surface area contributed by atoms with Crippen LogP contribution in [-0.2, 0) is 14.8 Å². The average Bonchev–Trinajstić information content (AvgIpc) is 3.06. The molecule has 28 heavy (non-hydrogen) atoms. The van der Waals surface area contributed by atoms with Crippen molar-refractivity contribution in [2.75, 3.05) is 19.8 Å². The molecule has 2 aromatic rings. The topological polar surface area (TPSA) is 96.7 Å². The largest absolute Gasteiger partial charge is 0.352 e. The van der Waals surface area contributed by atoms with Crippen LogP contribution in [0, 0.1) is 11.8 Å². The Morgan fingerprint density at radius 2 is 2.04 bits per heavy atom. The van der Waals surface area contributed by atoms with Crippen molar-refractivity contribution in [2.24, 2.45) is 11.8 Å². The number of hydrogen-bond acceptors (Lipinski definition) is 6. The molecule has 3 rings (SSSR count). The number of pyridine rings is 1. The Morgan fingerprint density at radius 1 is 1.29 bits per heavy atom. The Labute approximate surface area is 170 Å². The lowest BCUT2D eigenvalue weighted by Gasteiger charge is -2.34. The summed E-state index contributed by atoms with van der Waals surface area (Å²) in [4.78, 5) is 12.6. The van der Waals surface area contributed by atoms with Crippen molar-refractivity contribution < 1.29 is 13.2 Å². The highest BCUT2D eigenvalue weighted by Gasteiger charge is 2.28. The normalized spacial score (nSPS) is 23.2. The summed E-state index contributed by atoms with van der Waals surface area (Å²) in [6.45, 7) is 4.43. The van der Waals surface area contributed by atoms with Crippen LogP contribution in [0.5, 0.6) is 0 Å². The van der Waals surface area contributed by atoms with Gasteiger partial charge in [0, 0.05) is 26.3 Å². The SMILES string of the molecule is CC1CCCC(NC(=O)CSc2nnc3ccc(S(=O)(=O)N(C)C)cn23)C1C. The molecule has 10 heteroatoms. The van der Waals surface area contributed by atoms with Crippen molar-refractivity contribution in [3.63, 3.8) is 0 Å². The molecule has 2 aromatic heterocycles. The van der Waals surface area contributed by atoms with E-state index in [0.29, 0.717) is 22.6 Å². The minimum absolute atomic E-state index is 0.0373. The lowest BCUT2D eigenvalue weighted by molar-refractivity contribution is -0.120. The fraction of sp³-hybridized carbons (Fsp3) is 0.611. The molecule has 1 aliphatic carbocycles. The zero-order valence-electron chi connectivity index (χ0n) is 16.6. The molecule has 1 amide bonds. The molecule has 2 heterocycles. The van der Waals surface area contributed by atoms with Crippen molar-refractivity contribution in [1.82, 2.24) is 24.2 Å². The van der Waals surface area contributed by atoms with Gasteiger partial charge in [-0.05, 0) is 30.4 Å². The van der Waals surface area contributed by atoms with E-state index in [1.807, 2.05) is 0 Å². The van der Waals surface area contributed by atoms with E-state index in [1.165, 1.54) is 44.5 Å². The first kappa shape index (κ1) is 21.1. The lowest BCUT2D eigenvalue weighted by Crippen LogP contribution is -2.44. The maximum Gasteiger partial charge on any atom is 0.244 e. The molecule has 1 aliphatic rings. The maximum absolute atomic E-state index is 12.4. The van der Waals surface area contributed by atoms with Crippen molar-refractivity contribution >= 4 is 33.3 Å². The molecule has 0 aromatic carbocycles. The Morgan fingerprint density at radius 3 is 2.75 bits per heavy atom. The number of carbonyl (C=O) groups excluding carboxylic acids is 1. The minimum Gasteiger partial charge on any atom is -0.352 e. The van der Waals surface area contributed by atoms with Gasteiger partial charge in [0.05, 0.1) is 10.6 Å². The number of amides is 1. The number of nitrogens with zero attached hydrogens (tertiary/aromatic N) is 4. The Hall–Kier alpha value is -1.65. The predicted octanol–water partition coefficient (Wildman–Crippen LogP) is 2.01. The van der Waals surface area contributed by atoms with Gasteiger partial charge in [-0.2, -0.15) is 0 Å². The quantitative estimate of drug-likeness (QED) is 0.711. The van der Waals surface area contributed by atoms with Gasteiger partial charge < -0.3 is 5.32 Å². The molecular formula is C18H27N5O3S2. The maximum atomic E-state index is 12.4. The summed E-state index contributed by atoms with van der Waals surface area (Å²) < 4.78 is 27.5. The summed E-state index contributed by atoms with van der Waals surface area (Å²) in [5, 5.41) is 11.8. The van der Waals surface area contributed by atoms with E-state index < -0.39 is 10.0 Å². The molecule has 154 valence electrons. The van der Waals surface area contributed by atoms with Gasteiger partial charge in [0.2, 0.25) is 15.9 Å². The summed E-state index contributed by atoms with van der Waals surface area (Å²) in [6.07, 6.45) is 4.87. The number of aromatic nitrogens is 3. The van der Waals surface area contributed by atoms with E-state index in [9.17, 15) is 13.2 Å². The van der Waals surface area contributed by atoms with Crippen molar-refractivity contribution in [1.29, 1.82) is 0 Å². The van der Waals surface area contributed by atoms with Crippen LogP contribution in [0.4, 0.5) is 0 Å². The van der Waals surface area contributed by atoms with Crippen LogP contribution in [0.2, 0.25) is 0 Å². The highest BCUT2D eigenvalue weighted by Crippen LogP contribution is 2.29. The zero-order chi connectivity index (χ0) is 20.5. The molecular weight excluding hydrogens is 398 g/mol. The molecule has 0 bridgehead atoms. The Balaban J connectivity index is 1.70. The van der Waals surface area contributed by atoms with Crippen LogP contribution in [0.25, 0.3) is 5.65 Å². The molecule has 1 saturated carbocycles. The van der Waals surface area contributed by atoms with Crippen LogP contribution in [0.15, 0.2) is 28.4 Å². The first-order chi connectivity index (χ1) is 13.2. The summed E-state index contributed by atoms with van der Waals surface area (Å²) in [7, 11) is -0.587. The smallest absolute Gasteiger partial charge is 0.244 e. The molecule has 3 unspecified atom stereocenters. The summed E-state index contributed by atoms with van der Waals surface area (Å²) >= 11 is 1.25. The van der Waals surface area contributed by atoms with Crippen LogP contribution < -0.4 is 5.32 Å². The number of sulfonamides is 1. The predicted molar refractivity (Wildman–Crippen MR) is 109 cm³/mol. The van der Waals surface area contributed by atoms with Crippen LogP contribution in [-0.4, -0.2) is 59.1 Å². The van der Waals surface area contributed by atoms with Crippen LogP contribution in [0.3, 0.4) is 0 Å². The molecule has 3 atom stereocenters. The Bertz CT molecular complexity index is 957. The molecule has 8 nitrogen and oxygen atoms in total. The number of nitrogens with one attached hydrogen (secondary N) is 1. The van der Waals surface area contributed by atoms with Gasteiger partial charge in [0.15, 0.2) is 10.8 Å². The fourth-order valence-electron chi connectivity index (χ4n) is 3.48. The standard InChI is InChI=1S/C18H27N5O3S2/c1-12-6-5-7-15(13(12)2)19-17(24)11-27-18-21-20-16-9-8-14(10-23(16)18)28(25,26)22(3)4/h8-10,12-13,15H,5-7,11H2,1-4H3,(H,19,24). The minimum atomic E-state index is -3.56. The molecule has 0 aliphatic heterocycles. The number of hydrogen-bond donors (Lipinski definition) is 1. The highest BCUT2D eigenvalue weighted by molar-refractivity contribution is 7.99. The van der Waals surface area contributed by atoms with Crippen LogP contribution in [0.1, 0.15) is 33.1 Å². The molecule has 0 radical (unpaired) electrons. The lowest BCUT2D eigenvalue weighted by atomic mass is 9.78. The number of rotatable bonds is 6. The Kier molecular flexibility index (Phi) is 6.31. The van der Waals surface area contributed by atoms with E-state index in [1.54, 1.807) is 10.5 Å². The third kappa shape index (κ3) is 4.33. The van der Waals surface area contributed by atoms with Gasteiger partial charge in [-0.25, -0.2) is 12.7 Å². The van der Waals surface area contributed by atoms with E-state index in [0.717, 1.165) is 17.1 Å². The summed E-state index contributed by atoms with van der Waals surface area (Å²) in [5.41, 5.74) is 0.537. The second kappa shape index (κ2) is 8.38. The van der Waals surface area contributed by atoms with Gasteiger partial charge in [0.25, 0.3) is 0 Å². The number of fused-ring (bicyclic) bond motifs is 1. The van der Waals surface area contributed by atoms with Gasteiger partial charge in [-0.1, -0.05) is 38.5 Å². The molecule has 1 fully saturated rings. The van der Waals surface area contributed by atoms with Gasteiger partial charge in [-0.15, -0.1) is 10.2 Å². The first-order valence-corrected chi connectivity index (χ1v) is 11.8. The molecule has 0 spiro atoms. The van der Waals surface area contributed by atoms with E-state index >= 15 is 0 Å². The van der Waals surface area contributed by atoms with Gasteiger partial charge in [-0.3, -0.25) is 9.20 Å². The second-order valence-corrected chi connectivity index (χ2v) is 10.7.